The van der Waals surface area contributed by atoms with Crippen LogP contribution in [-0.4, -0.2) is 0 Å². The van der Waals surface area contributed by atoms with E-state index in [0.717, 1.165) is 5.57 Å². The van der Waals surface area contributed by atoms with E-state index in [2.05, 4.69) is 62.5 Å². The summed E-state index contributed by atoms with van der Waals surface area (Å²) in [4.78, 5) is 0. The van der Waals surface area contributed by atoms with E-state index in [1.165, 1.54) is 22.3 Å². The highest BCUT2D eigenvalue weighted by molar-refractivity contribution is 5.81. The smallest absolute Gasteiger partial charge is 0.0149 e. The summed E-state index contributed by atoms with van der Waals surface area (Å²) in [5, 5.41) is 0. The second-order valence-electron chi connectivity index (χ2n) is 4.41. The minimum absolute atomic E-state index is 1.10. The highest BCUT2D eigenvalue weighted by Gasteiger charge is 2.07. The number of rotatable bonds is 4. The monoisotopic (exact) mass is 246 g/mol. The van der Waals surface area contributed by atoms with Crippen LogP contribution in [-0.2, 0) is 0 Å². The zero-order chi connectivity index (χ0) is 13.7. The van der Waals surface area contributed by atoms with Crippen molar-refractivity contribution in [2.75, 3.05) is 0 Å². The van der Waals surface area contributed by atoms with Gasteiger partial charge in [0.1, 0.15) is 0 Å². The fraction of sp³-hybridized carbons (Fsp3) is 0.0526. The van der Waals surface area contributed by atoms with Crippen molar-refractivity contribution in [3.05, 3.63) is 91.0 Å². The van der Waals surface area contributed by atoms with Crippen LogP contribution in [0.2, 0.25) is 0 Å². The molecule has 2 aromatic carbocycles. The van der Waals surface area contributed by atoms with Crippen LogP contribution in [0.4, 0.5) is 0 Å². The van der Waals surface area contributed by atoms with Crippen molar-refractivity contribution in [2.24, 2.45) is 0 Å². The highest BCUT2D eigenvalue weighted by atomic mass is 14.1. The molecule has 2 rings (SSSR count). The van der Waals surface area contributed by atoms with Gasteiger partial charge in [0.05, 0.1) is 0 Å². The van der Waals surface area contributed by atoms with E-state index in [1.54, 1.807) is 6.08 Å². The van der Waals surface area contributed by atoms with E-state index in [0.29, 0.717) is 0 Å². The van der Waals surface area contributed by atoms with Crippen LogP contribution in [0.15, 0.2) is 79.9 Å². The lowest BCUT2D eigenvalue weighted by Crippen LogP contribution is -1.90. The van der Waals surface area contributed by atoms with Gasteiger partial charge in [-0.25, -0.2) is 0 Å². The second kappa shape index (κ2) is 6.01. The van der Waals surface area contributed by atoms with E-state index in [1.807, 2.05) is 18.2 Å². The summed E-state index contributed by atoms with van der Waals surface area (Å²) < 4.78 is 0. The first kappa shape index (κ1) is 13.1. The quantitative estimate of drug-likeness (QED) is 0.632. The van der Waals surface area contributed by atoms with Crippen LogP contribution in [0.25, 0.3) is 16.7 Å². The Morgan fingerprint density at radius 1 is 0.947 bits per heavy atom. The van der Waals surface area contributed by atoms with Gasteiger partial charge in [-0.15, -0.1) is 0 Å². The Bertz CT molecular complexity index is 616. The predicted octanol–water partition coefficient (Wildman–Crippen LogP) is 5.42. The molecule has 0 aliphatic carbocycles. The van der Waals surface area contributed by atoms with Crippen LogP contribution in [0.1, 0.15) is 11.1 Å². The summed E-state index contributed by atoms with van der Waals surface area (Å²) in [6, 6.07) is 16.8. The zero-order valence-corrected chi connectivity index (χ0v) is 11.3. The van der Waals surface area contributed by atoms with Crippen LogP contribution in [0.5, 0.6) is 0 Å². The molecule has 0 fully saturated rings. The zero-order valence-electron chi connectivity index (χ0n) is 11.3. The lowest BCUT2D eigenvalue weighted by atomic mass is 9.92. The summed E-state index contributed by atoms with van der Waals surface area (Å²) in [7, 11) is 0. The van der Waals surface area contributed by atoms with Gasteiger partial charge in [0.2, 0.25) is 0 Å². The molecular formula is C19H18. The van der Waals surface area contributed by atoms with Gasteiger partial charge in [0.25, 0.3) is 0 Å². The van der Waals surface area contributed by atoms with Crippen LogP contribution >= 0.6 is 0 Å². The lowest BCUT2D eigenvalue weighted by molar-refractivity contribution is 1.42. The normalized spacial score (nSPS) is 11.1. The third kappa shape index (κ3) is 2.74. The molecule has 0 aromatic heterocycles. The third-order valence-corrected chi connectivity index (χ3v) is 3.25. The first-order chi connectivity index (χ1) is 9.27. The molecule has 0 atom stereocenters. The van der Waals surface area contributed by atoms with E-state index in [-0.39, 0.29) is 0 Å². The Hall–Kier alpha value is -2.34. The fourth-order valence-electron chi connectivity index (χ4n) is 2.27. The Morgan fingerprint density at radius 2 is 1.68 bits per heavy atom. The van der Waals surface area contributed by atoms with E-state index < -0.39 is 0 Å². The van der Waals surface area contributed by atoms with Crippen molar-refractivity contribution >= 4 is 5.57 Å². The summed E-state index contributed by atoms with van der Waals surface area (Å²) in [6.07, 6.45) is 5.66. The molecule has 19 heavy (non-hydrogen) atoms. The van der Waals surface area contributed by atoms with E-state index in [4.69, 9.17) is 0 Å². The minimum atomic E-state index is 1.10. The van der Waals surface area contributed by atoms with Gasteiger partial charge in [0.15, 0.2) is 0 Å². The standard InChI is InChI=1S/C19H18/c1-4-10-16(5-2)18-13-9-14-19(15(18)3)17-11-7-6-8-12-17/h4-14H,1-2H2,3H3/b16-10+. The predicted molar refractivity (Wildman–Crippen MR) is 85.0 cm³/mol. The first-order valence-corrected chi connectivity index (χ1v) is 6.38. The van der Waals surface area contributed by atoms with Crippen molar-refractivity contribution in [3.8, 4) is 11.1 Å². The molecule has 0 N–H and O–H groups in total. The maximum absolute atomic E-state index is 3.88. The van der Waals surface area contributed by atoms with Gasteiger partial charge < -0.3 is 0 Å². The van der Waals surface area contributed by atoms with Gasteiger partial charge in [-0.2, -0.15) is 0 Å². The molecule has 0 aliphatic rings. The molecule has 0 radical (unpaired) electrons. The van der Waals surface area contributed by atoms with Gasteiger partial charge >= 0.3 is 0 Å². The Labute approximate surface area is 115 Å². The molecule has 0 saturated carbocycles. The number of hydrogen-bond acceptors (Lipinski definition) is 0. The van der Waals surface area contributed by atoms with Crippen LogP contribution in [0.3, 0.4) is 0 Å². The molecule has 0 saturated heterocycles. The Morgan fingerprint density at radius 3 is 2.32 bits per heavy atom. The molecular weight excluding hydrogens is 228 g/mol. The van der Waals surface area contributed by atoms with Crippen LogP contribution < -0.4 is 0 Å². The first-order valence-electron chi connectivity index (χ1n) is 6.38. The van der Waals surface area contributed by atoms with Gasteiger partial charge in [-0.05, 0) is 34.8 Å². The maximum Gasteiger partial charge on any atom is -0.0149 e. The molecule has 0 bridgehead atoms. The molecule has 0 heteroatoms. The summed E-state index contributed by atoms with van der Waals surface area (Å²) in [5.41, 5.74) is 6.07. The lowest BCUT2D eigenvalue weighted by Gasteiger charge is -2.12. The molecule has 2 aromatic rings. The SMILES string of the molecule is C=C/C=C(\C=C)c1cccc(-c2ccccc2)c1C. The van der Waals surface area contributed by atoms with Gasteiger partial charge in [-0.1, -0.05) is 79.9 Å². The van der Waals surface area contributed by atoms with Crippen molar-refractivity contribution in [1.29, 1.82) is 0 Å². The molecule has 94 valence electrons. The van der Waals surface area contributed by atoms with Crippen molar-refractivity contribution in [3.63, 3.8) is 0 Å². The molecule has 0 spiro atoms. The fourth-order valence-corrected chi connectivity index (χ4v) is 2.27. The number of allylic oxidation sites excluding steroid dienone is 4. The van der Waals surface area contributed by atoms with E-state index in [9.17, 15) is 0 Å². The average Bonchev–Trinajstić information content (AvgIpc) is 2.46. The summed E-state index contributed by atoms with van der Waals surface area (Å²) in [5.74, 6) is 0. The van der Waals surface area contributed by atoms with Crippen molar-refractivity contribution in [2.45, 2.75) is 6.92 Å². The highest BCUT2D eigenvalue weighted by Crippen LogP contribution is 2.29. The number of hydrogen-bond donors (Lipinski definition) is 0. The number of benzene rings is 2. The molecule has 0 heterocycles. The van der Waals surface area contributed by atoms with E-state index >= 15 is 0 Å². The molecule has 0 amide bonds. The third-order valence-electron chi connectivity index (χ3n) is 3.25. The summed E-state index contributed by atoms with van der Waals surface area (Å²) >= 11 is 0. The topological polar surface area (TPSA) is 0 Å². The molecule has 0 aliphatic heterocycles. The second-order valence-corrected chi connectivity index (χ2v) is 4.41. The Balaban J connectivity index is 2.59. The largest absolute Gasteiger partial charge is 0.0990 e. The van der Waals surface area contributed by atoms with Crippen molar-refractivity contribution < 1.29 is 0 Å². The molecule has 0 nitrogen and oxygen atoms in total. The summed E-state index contributed by atoms with van der Waals surface area (Å²) in [6.45, 7) is 9.79. The van der Waals surface area contributed by atoms with Crippen LogP contribution in [0, 0.1) is 6.92 Å². The van der Waals surface area contributed by atoms with Gasteiger partial charge in [-0.3, -0.25) is 0 Å². The van der Waals surface area contributed by atoms with Crippen molar-refractivity contribution in [1.82, 2.24) is 0 Å². The maximum atomic E-state index is 3.88. The van der Waals surface area contributed by atoms with Gasteiger partial charge in [0, 0.05) is 0 Å². The Kier molecular flexibility index (Phi) is 4.15. The molecule has 0 unspecified atom stereocenters. The average molecular weight is 246 g/mol. The minimum Gasteiger partial charge on any atom is -0.0990 e.